The second-order valence-corrected chi connectivity index (χ2v) is 3.63. The van der Waals surface area contributed by atoms with Gasteiger partial charge in [-0.05, 0) is 31.4 Å². The molecule has 1 rings (SSSR count). The summed E-state index contributed by atoms with van der Waals surface area (Å²) in [6, 6.07) is 9.71. The fourth-order valence-electron chi connectivity index (χ4n) is 1.41. The van der Waals surface area contributed by atoms with Gasteiger partial charge in [-0.25, -0.2) is 0 Å². The van der Waals surface area contributed by atoms with Crippen molar-refractivity contribution in [2.24, 2.45) is 0 Å². The molecule has 0 spiro atoms. The molecule has 0 fully saturated rings. The predicted molar refractivity (Wildman–Crippen MR) is 66.7 cm³/mol. The zero-order valence-corrected chi connectivity index (χ0v) is 9.93. The van der Waals surface area contributed by atoms with Crippen LogP contribution in [0.15, 0.2) is 43.2 Å². The highest BCUT2D eigenvalue weighted by Crippen LogP contribution is 2.09. The molecule has 0 amide bonds. The van der Waals surface area contributed by atoms with Gasteiger partial charge in [0, 0.05) is 6.42 Å². The van der Waals surface area contributed by atoms with Crippen molar-refractivity contribution in [3.05, 3.63) is 43.2 Å². The summed E-state index contributed by atoms with van der Waals surface area (Å²) < 4.78 is 10.1. The summed E-state index contributed by atoms with van der Waals surface area (Å²) in [5, 5.41) is 0. The van der Waals surface area contributed by atoms with Crippen LogP contribution in [0.2, 0.25) is 0 Å². The lowest BCUT2D eigenvalue weighted by Gasteiger charge is -2.05. The van der Waals surface area contributed by atoms with Crippen molar-refractivity contribution in [2.45, 2.75) is 25.7 Å². The minimum Gasteiger partial charge on any atom is -0.494 e. The molecule has 0 saturated carbocycles. The molecular weight excluding hydrogens is 216 g/mol. The maximum absolute atomic E-state index is 11.0. The van der Waals surface area contributed by atoms with Crippen LogP contribution in [-0.2, 0) is 9.53 Å². The van der Waals surface area contributed by atoms with E-state index < -0.39 is 0 Å². The highest BCUT2D eigenvalue weighted by Gasteiger charge is 2.00. The first-order valence-electron chi connectivity index (χ1n) is 5.81. The first-order valence-corrected chi connectivity index (χ1v) is 5.81. The largest absolute Gasteiger partial charge is 0.494 e. The van der Waals surface area contributed by atoms with Crippen LogP contribution in [0.25, 0.3) is 0 Å². The number of benzene rings is 1. The molecule has 0 unspecified atom stereocenters. The van der Waals surface area contributed by atoms with Crippen molar-refractivity contribution >= 4 is 5.97 Å². The molecule has 1 aromatic carbocycles. The highest BCUT2D eigenvalue weighted by atomic mass is 16.5. The van der Waals surface area contributed by atoms with E-state index in [1.165, 1.54) is 6.26 Å². The monoisotopic (exact) mass is 234 g/mol. The van der Waals surface area contributed by atoms with Crippen molar-refractivity contribution in [3.63, 3.8) is 0 Å². The number of para-hydroxylation sites is 1. The van der Waals surface area contributed by atoms with E-state index in [0.29, 0.717) is 13.0 Å². The normalized spacial score (nSPS) is 9.65. The topological polar surface area (TPSA) is 35.5 Å². The Kier molecular flexibility index (Phi) is 6.56. The summed E-state index contributed by atoms with van der Waals surface area (Å²) in [4.78, 5) is 11.0. The molecule has 0 atom stereocenters. The third-order valence-corrected chi connectivity index (χ3v) is 2.25. The molecule has 3 nitrogen and oxygen atoms in total. The molecule has 0 saturated heterocycles. The Morgan fingerprint density at radius 2 is 1.94 bits per heavy atom. The molecule has 0 radical (unpaired) electrons. The summed E-state index contributed by atoms with van der Waals surface area (Å²) in [5.74, 6) is 0.669. The molecule has 0 heterocycles. The van der Waals surface area contributed by atoms with Crippen LogP contribution in [0.5, 0.6) is 5.75 Å². The van der Waals surface area contributed by atoms with Crippen LogP contribution in [0.1, 0.15) is 25.7 Å². The molecule has 0 N–H and O–H groups in total. The fourth-order valence-corrected chi connectivity index (χ4v) is 1.41. The Balaban J connectivity index is 1.98. The van der Waals surface area contributed by atoms with Crippen molar-refractivity contribution in [2.75, 3.05) is 6.61 Å². The molecular formula is C14H18O3. The van der Waals surface area contributed by atoms with Gasteiger partial charge in [0.05, 0.1) is 12.9 Å². The minimum absolute atomic E-state index is 0.219. The Bertz CT molecular complexity index is 333. The number of rotatable bonds is 8. The zero-order valence-electron chi connectivity index (χ0n) is 9.93. The van der Waals surface area contributed by atoms with Gasteiger partial charge < -0.3 is 9.47 Å². The number of hydrogen-bond acceptors (Lipinski definition) is 3. The third-order valence-electron chi connectivity index (χ3n) is 2.25. The average Bonchev–Trinajstić information content (AvgIpc) is 2.35. The Labute approximate surface area is 102 Å². The molecule has 0 aliphatic rings. The van der Waals surface area contributed by atoms with Crippen molar-refractivity contribution in [1.82, 2.24) is 0 Å². The van der Waals surface area contributed by atoms with Crippen LogP contribution in [-0.4, -0.2) is 12.6 Å². The van der Waals surface area contributed by atoms with Crippen molar-refractivity contribution in [1.29, 1.82) is 0 Å². The van der Waals surface area contributed by atoms with Gasteiger partial charge in [-0.15, -0.1) is 0 Å². The van der Waals surface area contributed by atoms with E-state index >= 15 is 0 Å². The van der Waals surface area contributed by atoms with Gasteiger partial charge in [0.25, 0.3) is 0 Å². The quantitative estimate of drug-likeness (QED) is 0.393. The lowest BCUT2D eigenvalue weighted by molar-refractivity contribution is -0.138. The van der Waals surface area contributed by atoms with Gasteiger partial charge >= 0.3 is 5.97 Å². The maximum atomic E-state index is 11.0. The van der Waals surface area contributed by atoms with E-state index in [1.54, 1.807) is 0 Å². The molecule has 3 heteroatoms. The van der Waals surface area contributed by atoms with Gasteiger partial charge in [0.15, 0.2) is 0 Å². The molecule has 1 aromatic rings. The standard InChI is InChI=1S/C14H18O3/c1-2-16-14(15)11-7-4-8-12-17-13-9-5-3-6-10-13/h2-3,5-6,9-10H,1,4,7-8,11-12H2. The molecule has 0 aliphatic heterocycles. The summed E-state index contributed by atoms with van der Waals surface area (Å²) in [5.41, 5.74) is 0. The Morgan fingerprint density at radius 3 is 2.65 bits per heavy atom. The van der Waals surface area contributed by atoms with E-state index in [1.807, 2.05) is 30.3 Å². The van der Waals surface area contributed by atoms with Crippen LogP contribution in [0, 0.1) is 0 Å². The summed E-state index contributed by atoms with van der Waals surface area (Å²) in [7, 11) is 0. The number of unbranched alkanes of at least 4 members (excludes halogenated alkanes) is 2. The molecule has 92 valence electrons. The van der Waals surface area contributed by atoms with Crippen LogP contribution in [0.3, 0.4) is 0 Å². The third kappa shape index (κ3) is 6.40. The summed E-state index contributed by atoms with van der Waals surface area (Å²) in [6.07, 6.45) is 4.33. The SMILES string of the molecule is C=COC(=O)CCCCCOc1ccccc1. The van der Waals surface area contributed by atoms with Crippen molar-refractivity contribution < 1.29 is 14.3 Å². The number of esters is 1. The van der Waals surface area contributed by atoms with E-state index in [2.05, 4.69) is 11.3 Å². The maximum Gasteiger partial charge on any atom is 0.310 e. The van der Waals surface area contributed by atoms with E-state index in [4.69, 9.17) is 4.74 Å². The molecule has 0 bridgehead atoms. The highest BCUT2D eigenvalue weighted by molar-refractivity contribution is 5.69. The fraction of sp³-hybridized carbons (Fsp3) is 0.357. The van der Waals surface area contributed by atoms with E-state index in [0.717, 1.165) is 25.0 Å². The predicted octanol–water partition coefficient (Wildman–Crippen LogP) is 3.31. The Morgan fingerprint density at radius 1 is 1.18 bits per heavy atom. The van der Waals surface area contributed by atoms with E-state index in [-0.39, 0.29) is 5.97 Å². The average molecular weight is 234 g/mol. The molecule has 0 aliphatic carbocycles. The van der Waals surface area contributed by atoms with Gasteiger partial charge in [0.1, 0.15) is 5.75 Å². The van der Waals surface area contributed by atoms with Crippen LogP contribution < -0.4 is 4.74 Å². The smallest absolute Gasteiger partial charge is 0.310 e. The van der Waals surface area contributed by atoms with Gasteiger partial charge in [-0.2, -0.15) is 0 Å². The lowest BCUT2D eigenvalue weighted by atomic mass is 10.2. The van der Waals surface area contributed by atoms with Gasteiger partial charge in [0.2, 0.25) is 0 Å². The van der Waals surface area contributed by atoms with Gasteiger partial charge in [-0.1, -0.05) is 24.8 Å². The van der Waals surface area contributed by atoms with Gasteiger partial charge in [-0.3, -0.25) is 4.79 Å². The van der Waals surface area contributed by atoms with E-state index in [9.17, 15) is 4.79 Å². The van der Waals surface area contributed by atoms with Crippen molar-refractivity contribution in [3.8, 4) is 5.75 Å². The zero-order chi connectivity index (χ0) is 12.3. The number of carbonyl (C=O) groups is 1. The summed E-state index contributed by atoms with van der Waals surface area (Å²) in [6.45, 7) is 4.01. The second kappa shape index (κ2) is 8.39. The number of ether oxygens (including phenoxy) is 2. The number of hydrogen-bond donors (Lipinski definition) is 0. The minimum atomic E-state index is -0.219. The first kappa shape index (κ1) is 13.3. The van der Waals surface area contributed by atoms with Crippen LogP contribution >= 0.6 is 0 Å². The number of carbonyl (C=O) groups excluding carboxylic acids is 1. The molecule has 17 heavy (non-hydrogen) atoms. The second-order valence-electron chi connectivity index (χ2n) is 3.63. The first-order chi connectivity index (χ1) is 8.33. The summed E-state index contributed by atoms with van der Waals surface area (Å²) >= 11 is 0. The van der Waals surface area contributed by atoms with Crippen LogP contribution in [0.4, 0.5) is 0 Å². The Hall–Kier alpha value is -1.77. The lowest BCUT2D eigenvalue weighted by Crippen LogP contribution is -2.00. The molecule has 0 aromatic heterocycles.